The molecule has 1 atom stereocenters. The molecule has 1 fully saturated rings. The van der Waals surface area contributed by atoms with E-state index < -0.39 is 33.6 Å². The lowest BCUT2D eigenvalue weighted by Gasteiger charge is -2.32. The lowest BCUT2D eigenvalue weighted by atomic mass is 10.1. The first kappa shape index (κ1) is 16.2. The van der Waals surface area contributed by atoms with Gasteiger partial charge in [-0.05, 0) is 31.4 Å². The maximum atomic E-state index is 13.7. The van der Waals surface area contributed by atoms with E-state index in [-0.39, 0.29) is 23.6 Å². The number of piperidine rings is 1. The lowest BCUT2D eigenvalue weighted by Crippen LogP contribution is -2.48. The van der Waals surface area contributed by atoms with Gasteiger partial charge in [-0.2, -0.15) is 4.31 Å². The van der Waals surface area contributed by atoms with E-state index in [2.05, 4.69) is 0 Å². The molecule has 1 unspecified atom stereocenters. The zero-order valence-corrected chi connectivity index (χ0v) is 12.7. The van der Waals surface area contributed by atoms with Gasteiger partial charge in [0.2, 0.25) is 10.0 Å². The SMILES string of the molecule is O=C(O)C1CCCCN1S(=O)(=O)Cc1c(F)cccc1Cl. The molecule has 0 bridgehead atoms. The average Bonchev–Trinajstić information content (AvgIpc) is 2.43. The summed E-state index contributed by atoms with van der Waals surface area (Å²) >= 11 is 5.83. The summed E-state index contributed by atoms with van der Waals surface area (Å²) in [6, 6.07) is 2.82. The molecule has 0 saturated carbocycles. The Balaban J connectivity index is 2.31. The van der Waals surface area contributed by atoms with Crippen molar-refractivity contribution in [3.05, 3.63) is 34.6 Å². The third-order valence-corrected chi connectivity index (χ3v) is 5.64. The molecule has 116 valence electrons. The number of benzene rings is 1. The molecule has 0 amide bonds. The summed E-state index contributed by atoms with van der Waals surface area (Å²) in [7, 11) is -3.95. The van der Waals surface area contributed by atoms with Gasteiger partial charge in [0.1, 0.15) is 11.9 Å². The smallest absolute Gasteiger partial charge is 0.322 e. The van der Waals surface area contributed by atoms with Gasteiger partial charge in [0.05, 0.1) is 5.75 Å². The minimum absolute atomic E-state index is 0.0162. The van der Waals surface area contributed by atoms with Crippen LogP contribution in [0.5, 0.6) is 0 Å². The number of sulfonamides is 1. The average molecular weight is 336 g/mol. The van der Waals surface area contributed by atoms with Crippen LogP contribution in [0.25, 0.3) is 0 Å². The Kier molecular flexibility index (Phi) is 4.85. The summed E-state index contributed by atoms with van der Waals surface area (Å²) < 4.78 is 39.5. The highest BCUT2D eigenvalue weighted by Crippen LogP contribution is 2.26. The zero-order valence-electron chi connectivity index (χ0n) is 11.1. The minimum atomic E-state index is -3.95. The minimum Gasteiger partial charge on any atom is -0.480 e. The van der Waals surface area contributed by atoms with Crippen molar-refractivity contribution >= 4 is 27.6 Å². The first-order valence-electron chi connectivity index (χ1n) is 6.48. The first-order valence-corrected chi connectivity index (χ1v) is 8.47. The molecular weight excluding hydrogens is 321 g/mol. The second kappa shape index (κ2) is 6.29. The van der Waals surface area contributed by atoms with Gasteiger partial charge >= 0.3 is 5.97 Å². The van der Waals surface area contributed by atoms with Crippen LogP contribution < -0.4 is 0 Å². The summed E-state index contributed by atoms with van der Waals surface area (Å²) in [4.78, 5) is 11.2. The van der Waals surface area contributed by atoms with Crippen LogP contribution in [-0.2, 0) is 20.6 Å². The predicted octanol–water partition coefficient (Wildman–Crippen LogP) is 2.25. The fourth-order valence-corrected chi connectivity index (χ4v) is 4.54. The number of aliphatic carboxylic acids is 1. The van der Waals surface area contributed by atoms with Crippen LogP contribution in [0.2, 0.25) is 5.02 Å². The van der Waals surface area contributed by atoms with E-state index in [0.717, 1.165) is 10.4 Å². The van der Waals surface area contributed by atoms with Crippen LogP contribution in [0.3, 0.4) is 0 Å². The number of carbonyl (C=O) groups is 1. The van der Waals surface area contributed by atoms with Crippen molar-refractivity contribution in [1.29, 1.82) is 0 Å². The highest BCUT2D eigenvalue weighted by Gasteiger charge is 2.37. The Morgan fingerprint density at radius 2 is 2.14 bits per heavy atom. The second-order valence-electron chi connectivity index (χ2n) is 4.92. The van der Waals surface area contributed by atoms with Gasteiger partial charge < -0.3 is 5.11 Å². The van der Waals surface area contributed by atoms with E-state index in [0.29, 0.717) is 12.8 Å². The van der Waals surface area contributed by atoms with Gasteiger partial charge in [0.25, 0.3) is 0 Å². The van der Waals surface area contributed by atoms with Gasteiger partial charge in [-0.15, -0.1) is 0 Å². The van der Waals surface area contributed by atoms with Gasteiger partial charge in [-0.3, -0.25) is 4.79 Å². The Bertz CT molecular complexity index is 629. The molecule has 1 aliphatic heterocycles. The van der Waals surface area contributed by atoms with Gasteiger partial charge in [0, 0.05) is 17.1 Å². The van der Waals surface area contributed by atoms with Crippen molar-refractivity contribution in [2.45, 2.75) is 31.1 Å². The van der Waals surface area contributed by atoms with E-state index in [1.54, 1.807) is 0 Å². The molecule has 0 spiro atoms. The van der Waals surface area contributed by atoms with Crippen LogP contribution in [0, 0.1) is 5.82 Å². The van der Waals surface area contributed by atoms with Gasteiger partial charge in [-0.1, -0.05) is 17.7 Å². The highest BCUT2D eigenvalue weighted by molar-refractivity contribution is 7.88. The van der Waals surface area contributed by atoms with Crippen molar-refractivity contribution < 1.29 is 22.7 Å². The number of hydrogen-bond acceptors (Lipinski definition) is 3. The maximum absolute atomic E-state index is 13.7. The number of nitrogens with zero attached hydrogens (tertiary/aromatic N) is 1. The largest absolute Gasteiger partial charge is 0.480 e. The van der Waals surface area contributed by atoms with Gasteiger partial charge in [0.15, 0.2) is 0 Å². The number of hydrogen-bond donors (Lipinski definition) is 1. The standard InChI is InChI=1S/C13H15ClFNO4S/c14-10-4-3-5-11(15)9(10)8-21(19,20)16-7-2-1-6-12(16)13(17)18/h3-5,12H,1-2,6-8H2,(H,17,18). The molecule has 21 heavy (non-hydrogen) atoms. The third kappa shape index (κ3) is 3.53. The molecule has 1 N–H and O–H groups in total. The van der Waals surface area contributed by atoms with E-state index in [9.17, 15) is 17.6 Å². The Hall–Kier alpha value is -1.18. The van der Waals surface area contributed by atoms with Crippen LogP contribution in [0.1, 0.15) is 24.8 Å². The van der Waals surface area contributed by atoms with Crippen molar-refractivity contribution in [2.75, 3.05) is 6.54 Å². The Morgan fingerprint density at radius 1 is 1.43 bits per heavy atom. The summed E-state index contributed by atoms with van der Waals surface area (Å²) in [5.74, 6) is -2.53. The van der Waals surface area contributed by atoms with E-state index in [1.165, 1.54) is 12.1 Å². The predicted molar refractivity (Wildman–Crippen MR) is 76.0 cm³/mol. The molecular formula is C13H15ClFNO4S. The molecule has 0 aliphatic carbocycles. The monoisotopic (exact) mass is 335 g/mol. The lowest BCUT2D eigenvalue weighted by molar-refractivity contribution is -0.142. The summed E-state index contributed by atoms with van der Waals surface area (Å²) in [5.41, 5.74) is -0.131. The van der Waals surface area contributed by atoms with Crippen LogP contribution in [0.4, 0.5) is 4.39 Å². The van der Waals surface area contributed by atoms with E-state index >= 15 is 0 Å². The third-order valence-electron chi connectivity index (χ3n) is 3.48. The topological polar surface area (TPSA) is 74.7 Å². The highest BCUT2D eigenvalue weighted by atomic mass is 35.5. The molecule has 1 saturated heterocycles. The van der Waals surface area contributed by atoms with Crippen molar-refractivity contribution in [3.8, 4) is 0 Å². The van der Waals surface area contributed by atoms with Gasteiger partial charge in [-0.25, -0.2) is 12.8 Å². The quantitative estimate of drug-likeness (QED) is 0.915. The summed E-state index contributed by atoms with van der Waals surface area (Å²) in [5, 5.41) is 9.16. The molecule has 0 radical (unpaired) electrons. The first-order chi connectivity index (χ1) is 9.83. The maximum Gasteiger partial charge on any atom is 0.322 e. The fourth-order valence-electron chi connectivity index (χ4n) is 2.42. The molecule has 1 heterocycles. The van der Waals surface area contributed by atoms with Crippen LogP contribution in [0.15, 0.2) is 18.2 Å². The molecule has 1 aromatic rings. The Morgan fingerprint density at radius 3 is 2.76 bits per heavy atom. The number of rotatable bonds is 4. The van der Waals surface area contributed by atoms with E-state index in [4.69, 9.17) is 16.7 Å². The molecule has 5 nitrogen and oxygen atoms in total. The molecule has 1 aromatic carbocycles. The van der Waals surface area contributed by atoms with Crippen molar-refractivity contribution in [1.82, 2.24) is 4.31 Å². The number of carboxylic acid groups (broad SMARTS) is 1. The normalized spacial score (nSPS) is 20.4. The van der Waals surface area contributed by atoms with Crippen LogP contribution >= 0.6 is 11.6 Å². The summed E-state index contributed by atoms with van der Waals surface area (Å²) in [6.45, 7) is 0.130. The zero-order chi connectivity index (χ0) is 15.6. The molecule has 8 heteroatoms. The summed E-state index contributed by atoms with van der Waals surface area (Å²) in [6.07, 6.45) is 1.51. The van der Waals surface area contributed by atoms with E-state index in [1.807, 2.05) is 0 Å². The van der Waals surface area contributed by atoms with Crippen LogP contribution in [-0.4, -0.2) is 36.4 Å². The Labute approximate surface area is 127 Å². The number of carboxylic acids is 1. The van der Waals surface area contributed by atoms with Crippen molar-refractivity contribution in [2.24, 2.45) is 0 Å². The number of halogens is 2. The molecule has 2 rings (SSSR count). The molecule has 0 aromatic heterocycles. The molecule has 1 aliphatic rings. The second-order valence-corrected chi connectivity index (χ2v) is 7.25. The van der Waals surface area contributed by atoms with Crippen molar-refractivity contribution in [3.63, 3.8) is 0 Å². The fraction of sp³-hybridized carbons (Fsp3) is 0.462.